The van der Waals surface area contributed by atoms with E-state index in [9.17, 15) is 9.90 Å². The zero-order valence-corrected chi connectivity index (χ0v) is 7.83. The first-order chi connectivity index (χ1) is 6.13. The van der Waals surface area contributed by atoms with Crippen LogP contribution in [0.4, 0.5) is 0 Å². The van der Waals surface area contributed by atoms with Crippen LogP contribution in [-0.4, -0.2) is 17.0 Å². The lowest BCUT2D eigenvalue weighted by molar-refractivity contribution is -0.167. The third-order valence-electron chi connectivity index (χ3n) is 4.33. The first-order valence-electron chi connectivity index (χ1n) is 5.32. The molecule has 4 saturated carbocycles. The maximum absolute atomic E-state index is 11.1. The summed E-state index contributed by atoms with van der Waals surface area (Å²) in [6, 6.07) is 0. The summed E-state index contributed by atoms with van der Waals surface area (Å²) >= 11 is 0. The van der Waals surface area contributed by atoms with E-state index in [0.717, 1.165) is 38.4 Å². The van der Waals surface area contributed by atoms with Gasteiger partial charge in [0.2, 0.25) is 0 Å². The molecule has 0 spiro atoms. The largest absolute Gasteiger partial charge is 0.390 e. The van der Waals surface area contributed by atoms with Crippen LogP contribution in [0.3, 0.4) is 0 Å². The lowest BCUT2D eigenvalue weighted by atomic mass is 9.48. The molecule has 13 heavy (non-hydrogen) atoms. The number of carbonyl (C=O) groups is 1. The summed E-state index contributed by atoms with van der Waals surface area (Å²) in [6.07, 6.45) is 7.16. The van der Waals surface area contributed by atoms with E-state index in [4.69, 9.17) is 0 Å². The van der Waals surface area contributed by atoms with E-state index in [1.807, 2.05) is 0 Å². The molecule has 4 aliphatic carbocycles. The number of hydrogen-bond acceptors (Lipinski definition) is 2. The minimum Gasteiger partial charge on any atom is -0.390 e. The van der Waals surface area contributed by atoms with Crippen LogP contribution in [-0.2, 0) is 4.79 Å². The minimum atomic E-state index is -0.467. The van der Waals surface area contributed by atoms with Gasteiger partial charge in [0.1, 0.15) is 6.29 Å². The highest BCUT2D eigenvalue weighted by Gasteiger charge is 2.57. The molecule has 2 heteroatoms. The molecule has 0 aromatic heterocycles. The molecule has 4 atom stereocenters. The standard InChI is InChI=1S/C11H16O2/c12-7-10-2-8-1-9(3-10)5-11(13,4-8)6-10/h7-9,13H,1-6H2/t8-,9+,10?,11?. The van der Waals surface area contributed by atoms with Gasteiger partial charge >= 0.3 is 0 Å². The fourth-order valence-electron chi connectivity index (χ4n) is 4.42. The number of aliphatic hydroxyl groups is 1. The Morgan fingerprint density at radius 1 is 1.15 bits per heavy atom. The van der Waals surface area contributed by atoms with E-state index in [1.165, 1.54) is 6.42 Å². The maximum Gasteiger partial charge on any atom is 0.126 e. The molecule has 0 amide bonds. The topological polar surface area (TPSA) is 37.3 Å². The summed E-state index contributed by atoms with van der Waals surface area (Å²) in [6.45, 7) is 0. The highest BCUT2D eigenvalue weighted by molar-refractivity contribution is 5.61. The monoisotopic (exact) mass is 180 g/mol. The second-order valence-electron chi connectivity index (χ2n) is 5.67. The number of carbonyl (C=O) groups excluding carboxylic acids is 1. The van der Waals surface area contributed by atoms with Crippen LogP contribution in [0.1, 0.15) is 38.5 Å². The van der Waals surface area contributed by atoms with Gasteiger partial charge in [0.15, 0.2) is 0 Å². The molecule has 1 N–H and O–H groups in total. The fourth-order valence-corrected chi connectivity index (χ4v) is 4.42. The second kappa shape index (κ2) is 2.17. The summed E-state index contributed by atoms with van der Waals surface area (Å²) in [5, 5.41) is 10.2. The van der Waals surface area contributed by atoms with Crippen molar-refractivity contribution in [2.45, 2.75) is 44.1 Å². The van der Waals surface area contributed by atoms with Crippen molar-refractivity contribution in [2.75, 3.05) is 0 Å². The first-order valence-corrected chi connectivity index (χ1v) is 5.32. The predicted octanol–water partition coefficient (Wildman–Crippen LogP) is 1.52. The molecule has 0 aliphatic heterocycles. The molecule has 0 saturated heterocycles. The van der Waals surface area contributed by atoms with Gasteiger partial charge in [-0.25, -0.2) is 0 Å². The third kappa shape index (κ3) is 1.01. The fraction of sp³-hybridized carbons (Fsp3) is 0.909. The highest BCUT2D eigenvalue weighted by atomic mass is 16.3. The van der Waals surface area contributed by atoms with Crippen molar-refractivity contribution < 1.29 is 9.90 Å². The second-order valence-corrected chi connectivity index (χ2v) is 5.67. The molecule has 2 nitrogen and oxygen atoms in total. The van der Waals surface area contributed by atoms with Gasteiger partial charge in [-0.1, -0.05) is 0 Å². The molecule has 0 aromatic rings. The highest BCUT2D eigenvalue weighted by Crippen LogP contribution is 2.60. The Balaban J connectivity index is 2.00. The van der Waals surface area contributed by atoms with Gasteiger partial charge in [-0.05, 0) is 50.4 Å². The molecule has 2 unspecified atom stereocenters. The lowest BCUT2D eigenvalue weighted by Gasteiger charge is -2.58. The first kappa shape index (κ1) is 7.98. The van der Waals surface area contributed by atoms with Crippen LogP contribution >= 0.6 is 0 Å². The number of aldehydes is 1. The van der Waals surface area contributed by atoms with E-state index in [-0.39, 0.29) is 5.41 Å². The third-order valence-corrected chi connectivity index (χ3v) is 4.33. The van der Waals surface area contributed by atoms with Crippen molar-refractivity contribution in [3.63, 3.8) is 0 Å². The van der Waals surface area contributed by atoms with E-state index in [1.54, 1.807) is 0 Å². The van der Waals surface area contributed by atoms with Crippen LogP contribution in [0, 0.1) is 17.3 Å². The van der Waals surface area contributed by atoms with Gasteiger partial charge in [0, 0.05) is 5.41 Å². The summed E-state index contributed by atoms with van der Waals surface area (Å²) in [7, 11) is 0. The number of hydrogen-bond donors (Lipinski definition) is 1. The zero-order valence-electron chi connectivity index (χ0n) is 7.83. The molecule has 0 radical (unpaired) electrons. The Labute approximate surface area is 78.3 Å². The smallest absolute Gasteiger partial charge is 0.126 e. The molecule has 4 bridgehead atoms. The van der Waals surface area contributed by atoms with E-state index < -0.39 is 5.60 Å². The Morgan fingerprint density at radius 2 is 1.77 bits per heavy atom. The van der Waals surface area contributed by atoms with Crippen LogP contribution < -0.4 is 0 Å². The summed E-state index contributed by atoms with van der Waals surface area (Å²) in [5.74, 6) is 1.27. The minimum absolute atomic E-state index is 0.126. The van der Waals surface area contributed by atoms with Gasteiger partial charge in [-0.15, -0.1) is 0 Å². The quantitative estimate of drug-likeness (QED) is 0.621. The van der Waals surface area contributed by atoms with Crippen LogP contribution in [0.2, 0.25) is 0 Å². The predicted molar refractivity (Wildman–Crippen MR) is 48.1 cm³/mol. The van der Waals surface area contributed by atoms with Crippen molar-refractivity contribution in [3.05, 3.63) is 0 Å². The van der Waals surface area contributed by atoms with Gasteiger partial charge in [0.25, 0.3) is 0 Å². The molecule has 4 rings (SSSR count). The van der Waals surface area contributed by atoms with E-state index in [2.05, 4.69) is 0 Å². The van der Waals surface area contributed by atoms with Crippen molar-refractivity contribution in [1.29, 1.82) is 0 Å². The average molecular weight is 180 g/mol. The molecular formula is C11H16O2. The maximum atomic E-state index is 11.1. The van der Waals surface area contributed by atoms with Crippen molar-refractivity contribution in [1.82, 2.24) is 0 Å². The zero-order chi connectivity index (χ0) is 9.10. The van der Waals surface area contributed by atoms with Gasteiger partial charge in [-0.2, -0.15) is 0 Å². The van der Waals surface area contributed by atoms with Crippen LogP contribution in [0.25, 0.3) is 0 Å². The molecule has 0 aromatic carbocycles. The molecular weight excluding hydrogens is 164 g/mol. The SMILES string of the molecule is O=CC12C[C@@H]3C[C@@H](CC(O)(C3)C1)C2. The molecule has 4 aliphatic rings. The van der Waals surface area contributed by atoms with Gasteiger partial charge < -0.3 is 9.90 Å². The van der Waals surface area contributed by atoms with E-state index in [0.29, 0.717) is 11.8 Å². The Kier molecular flexibility index (Phi) is 1.33. The van der Waals surface area contributed by atoms with Crippen LogP contribution in [0.5, 0.6) is 0 Å². The van der Waals surface area contributed by atoms with Crippen molar-refractivity contribution in [2.24, 2.45) is 17.3 Å². The number of rotatable bonds is 1. The lowest BCUT2D eigenvalue weighted by Crippen LogP contribution is -2.56. The molecule has 4 fully saturated rings. The Hall–Kier alpha value is -0.370. The van der Waals surface area contributed by atoms with E-state index >= 15 is 0 Å². The summed E-state index contributed by atoms with van der Waals surface area (Å²) in [4.78, 5) is 11.1. The molecule has 0 heterocycles. The van der Waals surface area contributed by atoms with Crippen molar-refractivity contribution in [3.8, 4) is 0 Å². The summed E-state index contributed by atoms with van der Waals surface area (Å²) in [5.41, 5.74) is -0.593. The normalized spacial score (nSPS) is 58.2. The Morgan fingerprint density at radius 3 is 2.23 bits per heavy atom. The molecule has 72 valence electrons. The Bertz CT molecular complexity index is 245. The van der Waals surface area contributed by atoms with Crippen molar-refractivity contribution >= 4 is 6.29 Å². The van der Waals surface area contributed by atoms with Gasteiger partial charge in [0.05, 0.1) is 5.60 Å². The van der Waals surface area contributed by atoms with Gasteiger partial charge in [-0.3, -0.25) is 0 Å². The van der Waals surface area contributed by atoms with Crippen LogP contribution in [0.15, 0.2) is 0 Å². The summed E-state index contributed by atoms with van der Waals surface area (Å²) < 4.78 is 0. The average Bonchev–Trinajstić information content (AvgIpc) is 1.99.